The largest absolute Gasteiger partial charge is 0.444 e. The molecule has 57 heavy (non-hydrogen) atoms. The molecule has 6 rings (SSSR count). The van der Waals surface area contributed by atoms with E-state index >= 15 is 0 Å². The monoisotopic (exact) mass is 778 g/mol. The number of rotatable bonds is 12. The molecular formula is C41H50N10O6. The lowest BCUT2D eigenvalue weighted by atomic mass is 9.81. The van der Waals surface area contributed by atoms with Crippen LogP contribution in [-0.2, 0) is 25.5 Å². The number of aromatic nitrogens is 5. The molecule has 2 fully saturated rings. The number of tetrazole rings is 1. The van der Waals surface area contributed by atoms with E-state index in [-0.39, 0.29) is 41.7 Å². The molecule has 1 aliphatic carbocycles. The molecule has 5 amide bonds. The lowest BCUT2D eigenvalue weighted by molar-refractivity contribution is -0.130. The van der Waals surface area contributed by atoms with Crippen LogP contribution in [0, 0.1) is 18.8 Å². The van der Waals surface area contributed by atoms with Crippen molar-refractivity contribution < 1.29 is 28.7 Å². The second kappa shape index (κ2) is 18.2. The predicted octanol–water partition coefficient (Wildman–Crippen LogP) is 4.24. The molecule has 0 radical (unpaired) electrons. The maximum absolute atomic E-state index is 13.8. The molecule has 1 saturated heterocycles. The second-order valence-electron chi connectivity index (χ2n) is 15.7. The molecule has 2 aliphatic rings. The second-order valence-corrected chi connectivity index (χ2v) is 15.7. The number of piperidine rings is 1. The van der Waals surface area contributed by atoms with E-state index in [0.717, 1.165) is 47.1 Å². The highest BCUT2D eigenvalue weighted by Gasteiger charge is 2.31. The molecule has 16 heteroatoms. The molecule has 1 unspecified atom stereocenters. The van der Waals surface area contributed by atoms with Crippen LogP contribution in [0.15, 0.2) is 60.8 Å². The van der Waals surface area contributed by atoms with Gasteiger partial charge in [-0.15, -0.1) is 5.10 Å². The standard InChI is InChI=1S/C41H50N10O6/c1-24-20-33(38(54)46-32-6-5-19-42-37(32)53)43-23-31(24)27-11-7-25(8-12-27)21-34(39(55)45-30-17-15-28(16-18-30)35-48-50-51-49-35)47-36(52)29-13-9-26(10-14-29)22-44-40(56)57-41(2,3)4/h7-8,11-12,15-18,20,23,26,29,32,34H,5-6,9-10,13-14,19,21-22H2,1-4H3,(H,42,53)(H,44,56)(H,45,55)(H,46,54)(H,47,52)(H,48,49,50,51)/t26-,29-,32?,34-/m0/s1. The third kappa shape index (κ3) is 11.2. The number of aryl methyl sites for hydroxylation is 1. The maximum atomic E-state index is 13.8. The normalized spacial score (nSPS) is 18.7. The highest BCUT2D eigenvalue weighted by molar-refractivity contribution is 5.98. The van der Waals surface area contributed by atoms with Gasteiger partial charge in [-0.3, -0.25) is 24.2 Å². The number of nitrogens with one attached hydrogen (secondary N) is 6. The Morgan fingerprint density at radius 3 is 2.32 bits per heavy atom. The maximum Gasteiger partial charge on any atom is 0.407 e. The smallest absolute Gasteiger partial charge is 0.407 e. The zero-order valence-corrected chi connectivity index (χ0v) is 32.7. The fourth-order valence-electron chi connectivity index (χ4n) is 7.07. The Balaban J connectivity index is 1.10. The van der Waals surface area contributed by atoms with Crippen LogP contribution in [0.4, 0.5) is 10.5 Å². The third-order valence-corrected chi connectivity index (χ3v) is 10.2. The van der Waals surface area contributed by atoms with Gasteiger partial charge in [0.1, 0.15) is 23.4 Å². The summed E-state index contributed by atoms with van der Waals surface area (Å²) >= 11 is 0. The van der Waals surface area contributed by atoms with Crippen molar-refractivity contribution in [2.45, 2.75) is 90.3 Å². The third-order valence-electron chi connectivity index (χ3n) is 10.2. The summed E-state index contributed by atoms with van der Waals surface area (Å²) in [7, 11) is 0. The van der Waals surface area contributed by atoms with Crippen LogP contribution < -0.4 is 26.6 Å². The van der Waals surface area contributed by atoms with Crippen LogP contribution in [0.5, 0.6) is 0 Å². The van der Waals surface area contributed by atoms with Crippen LogP contribution in [0.1, 0.15) is 80.9 Å². The summed E-state index contributed by atoms with van der Waals surface area (Å²) in [4.78, 5) is 69.1. The molecule has 4 aromatic rings. The number of ether oxygens (including phenoxy) is 1. The van der Waals surface area contributed by atoms with E-state index in [4.69, 9.17) is 4.74 Å². The van der Waals surface area contributed by atoms with Crippen molar-refractivity contribution in [1.82, 2.24) is 46.9 Å². The number of hydrogen-bond acceptors (Lipinski definition) is 10. The van der Waals surface area contributed by atoms with Gasteiger partial charge in [-0.1, -0.05) is 24.3 Å². The average Bonchev–Trinajstić information content (AvgIpc) is 3.73. The van der Waals surface area contributed by atoms with Crippen molar-refractivity contribution in [1.29, 1.82) is 0 Å². The van der Waals surface area contributed by atoms with Crippen molar-refractivity contribution >= 4 is 35.4 Å². The molecule has 2 aromatic carbocycles. The molecule has 2 aromatic heterocycles. The number of pyridine rings is 1. The minimum absolute atomic E-state index is 0.187. The average molecular weight is 779 g/mol. The van der Waals surface area contributed by atoms with Crippen LogP contribution >= 0.6 is 0 Å². The van der Waals surface area contributed by atoms with E-state index in [9.17, 15) is 24.0 Å². The lowest BCUT2D eigenvalue weighted by Crippen LogP contribution is -2.50. The van der Waals surface area contributed by atoms with E-state index in [1.165, 1.54) is 0 Å². The molecule has 300 valence electrons. The van der Waals surface area contributed by atoms with Crippen molar-refractivity contribution in [2.24, 2.45) is 11.8 Å². The minimum atomic E-state index is -0.875. The van der Waals surface area contributed by atoms with Crippen molar-refractivity contribution in [3.8, 4) is 22.5 Å². The van der Waals surface area contributed by atoms with Gasteiger partial charge in [-0.2, -0.15) is 0 Å². The van der Waals surface area contributed by atoms with E-state index < -0.39 is 29.7 Å². The van der Waals surface area contributed by atoms with Crippen molar-refractivity contribution in [2.75, 3.05) is 18.4 Å². The molecule has 2 atom stereocenters. The Kier molecular flexibility index (Phi) is 12.9. The Bertz CT molecular complexity index is 2040. The van der Waals surface area contributed by atoms with Crippen LogP contribution in [0.2, 0.25) is 0 Å². The summed E-state index contributed by atoms with van der Waals surface area (Å²) < 4.78 is 5.35. The first kappa shape index (κ1) is 40.5. The lowest BCUT2D eigenvalue weighted by Gasteiger charge is -2.29. The highest BCUT2D eigenvalue weighted by Crippen LogP contribution is 2.29. The minimum Gasteiger partial charge on any atom is -0.444 e. The zero-order valence-electron chi connectivity index (χ0n) is 32.7. The predicted molar refractivity (Wildman–Crippen MR) is 211 cm³/mol. The van der Waals surface area contributed by atoms with E-state index in [0.29, 0.717) is 43.9 Å². The van der Waals surface area contributed by atoms with Crippen LogP contribution in [0.25, 0.3) is 22.5 Å². The van der Waals surface area contributed by atoms with Crippen molar-refractivity contribution in [3.63, 3.8) is 0 Å². The first-order chi connectivity index (χ1) is 27.3. The van der Waals surface area contributed by atoms with Gasteiger partial charge < -0.3 is 31.3 Å². The van der Waals surface area contributed by atoms with E-state index in [1.54, 1.807) is 36.5 Å². The first-order valence-electron chi connectivity index (χ1n) is 19.4. The Morgan fingerprint density at radius 2 is 1.67 bits per heavy atom. The van der Waals surface area contributed by atoms with Gasteiger partial charge in [0.25, 0.3) is 5.91 Å². The van der Waals surface area contributed by atoms with E-state index in [1.807, 2.05) is 52.0 Å². The molecule has 3 heterocycles. The number of nitrogens with zero attached hydrogens (tertiary/aromatic N) is 4. The summed E-state index contributed by atoms with van der Waals surface area (Å²) in [5.74, 6) is -0.687. The number of H-pyrrole nitrogens is 1. The molecule has 16 nitrogen and oxygen atoms in total. The topological polar surface area (TPSA) is 222 Å². The fourth-order valence-corrected chi connectivity index (χ4v) is 7.07. The first-order valence-corrected chi connectivity index (χ1v) is 19.4. The van der Waals surface area contributed by atoms with Gasteiger partial charge in [0.05, 0.1) is 0 Å². The number of carbonyl (C=O) groups is 5. The molecule has 1 aliphatic heterocycles. The Hall–Kier alpha value is -6.19. The number of anilines is 1. The number of aromatic amines is 1. The fraction of sp³-hybridized carbons (Fsp3) is 0.439. The Labute approximate surface area is 331 Å². The number of hydrogen-bond donors (Lipinski definition) is 6. The molecular weight excluding hydrogens is 729 g/mol. The highest BCUT2D eigenvalue weighted by atomic mass is 16.6. The summed E-state index contributed by atoms with van der Waals surface area (Å²) in [5.41, 5.74) is 4.31. The number of amides is 5. The number of carbonyl (C=O) groups excluding carboxylic acids is 5. The summed E-state index contributed by atoms with van der Waals surface area (Å²) in [5, 5.41) is 28.2. The number of alkyl carbamates (subject to hydrolysis) is 1. The van der Waals surface area contributed by atoms with Gasteiger partial charge in [0, 0.05) is 48.4 Å². The molecule has 0 bridgehead atoms. The van der Waals surface area contributed by atoms with E-state index in [2.05, 4.69) is 52.2 Å². The number of benzene rings is 2. The summed E-state index contributed by atoms with van der Waals surface area (Å²) in [6.45, 7) is 8.43. The zero-order chi connectivity index (χ0) is 40.5. The Morgan fingerprint density at radius 1 is 0.947 bits per heavy atom. The quantitative estimate of drug-likeness (QED) is 0.120. The molecule has 6 N–H and O–H groups in total. The molecule has 0 spiro atoms. The van der Waals surface area contributed by atoms with Gasteiger partial charge in [0.15, 0.2) is 5.82 Å². The SMILES string of the molecule is Cc1cc(C(=O)NC2CCCNC2=O)ncc1-c1ccc(C[C@H](NC(=O)[C@H]2CC[C@H](CNC(=O)OC(C)(C)C)CC2)C(=O)Nc2ccc(-c3nnn[nH]3)cc2)cc1. The van der Waals surface area contributed by atoms with Crippen LogP contribution in [-0.4, -0.2) is 86.1 Å². The van der Waals surface area contributed by atoms with Gasteiger partial charge in [0.2, 0.25) is 17.7 Å². The summed E-state index contributed by atoms with van der Waals surface area (Å²) in [6, 6.07) is 15.0. The van der Waals surface area contributed by atoms with Gasteiger partial charge in [-0.25, -0.2) is 9.89 Å². The van der Waals surface area contributed by atoms with Gasteiger partial charge in [-0.05, 0) is 130 Å². The van der Waals surface area contributed by atoms with Gasteiger partial charge >= 0.3 is 6.09 Å². The molecule has 1 saturated carbocycles. The van der Waals surface area contributed by atoms with Crippen LogP contribution in [0.3, 0.4) is 0 Å². The summed E-state index contributed by atoms with van der Waals surface area (Å²) in [6.07, 6.45) is 5.60. The van der Waals surface area contributed by atoms with Crippen molar-refractivity contribution in [3.05, 3.63) is 77.6 Å².